The van der Waals surface area contributed by atoms with Crippen LogP contribution in [0.1, 0.15) is 34.8 Å². The fraction of sp³-hybridized carbons (Fsp3) is 0.200. The van der Waals surface area contributed by atoms with Crippen LogP contribution in [-0.2, 0) is 40.0 Å². The van der Waals surface area contributed by atoms with Crippen molar-refractivity contribution in [2.45, 2.75) is 28.9 Å². The molecule has 0 aliphatic heterocycles. The van der Waals surface area contributed by atoms with Gasteiger partial charge in [0, 0.05) is 5.56 Å². The van der Waals surface area contributed by atoms with Gasteiger partial charge in [0.15, 0.2) is 15.6 Å². The SMILES string of the molecule is CCCS(=O)(=O)c1cc(NN=C(N=Nc2ccc(CS(=O)(=O)O)cc2C(=O)O)c2ccccc2)c(O)c(S(=O)(=O)OC)c1. The van der Waals surface area contributed by atoms with Gasteiger partial charge < -0.3 is 10.2 Å². The second-order valence-electron chi connectivity index (χ2n) is 8.75. The van der Waals surface area contributed by atoms with E-state index in [-0.39, 0.29) is 29.3 Å². The number of hydrogen-bond acceptors (Lipinski definition) is 12. The summed E-state index contributed by atoms with van der Waals surface area (Å²) in [6.45, 7) is 1.61. The van der Waals surface area contributed by atoms with E-state index in [1.54, 1.807) is 37.3 Å². The molecule has 0 heterocycles. The Labute approximate surface area is 247 Å². The molecule has 0 aliphatic rings. The van der Waals surface area contributed by atoms with E-state index < -0.39 is 68.6 Å². The van der Waals surface area contributed by atoms with Crippen molar-refractivity contribution in [1.29, 1.82) is 0 Å². The van der Waals surface area contributed by atoms with Crippen LogP contribution in [0.4, 0.5) is 11.4 Å². The molecule has 0 unspecified atom stereocenters. The Balaban J connectivity index is 2.15. The molecule has 0 spiro atoms. The number of phenolic OH excluding ortho intramolecular Hbond substituents is 1. The molecule has 3 rings (SSSR count). The van der Waals surface area contributed by atoms with Gasteiger partial charge in [-0.25, -0.2) is 13.2 Å². The molecular weight excluding hydrogens is 628 g/mol. The number of carbonyl (C=O) groups is 1. The smallest absolute Gasteiger partial charge is 0.337 e. The Morgan fingerprint density at radius 2 is 1.65 bits per heavy atom. The Morgan fingerprint density at radius 1 is 0.977 bits per heavy atom. The minimum Gasteiger partial charge on any atom is -0.504 e. The first kappa shape index (κ1) is 33.3. The quantitative estimate of drug-likeness (QED) is 0.0417. The number of phenols is 1. The molecule has 0 fully saturated rings. The molecular formula is C25H26N4O11S3. The average Bonchev–Trinajstić information content (AvgIpc) is 2.93. The van der Waals surface area contributed by atoms with Crippen molar-refractivity contribution < 1.29 is 49.0 Å². The molecule has 0 amide bonds. The monoisotopic (exact) mass is 654 g/mol. The number of rotatable bonds is 12. The number of carboxylic acid groups (broad SMARTS) is 1. The summed E-state index contributed by atoms with van der Waals surface area (Å²) >= 11 is 0. The third-order valence-electron chi connectivity index (χ3n) is 5.58. The van der Waals surface area contributed by atoms with Gasteiger partial charge in [0.2, 0.25) is 5.84 Å². The molecule has 0 bridgehead atoms. The summed E-state index contributed by atoms with van der Waals surface area (Å²) in [5, 5.41) is 32.3. The van der Waals surface area contributed by atoms with Crippen molar-refractivity contribution in [3.05, 3.63) is 77.4 Å². The number of nitrogens with zero attached hydrogens (tertiary/aromatic N) is 3. The third kappa shape index (κ3) is 8.64. The van der Waals surface area contributed by atoms with E-state index in [2.05, 4.69) is 24.9 Å². The molecule has 3 aromatic carbocycles. The Morgan fingerprint density at radius 3 is 2.23 bits per heavy atom. The Kier molecular flexibility index (Phi) is 10.4. The first-order chi connectivity index (χ1) is 20.1. The zero-order valence-electron chi connectivity index (χ0n) is 22.6. The minimum absolute atomic E-state index is 0.0207. The van der Waals surface area contributed by atoms with Crippen LogP contribution in [-0.4, -0.2) is 64.7 Å². The van der Waals surface area contributed by atoms with Gasteiger partial charge in [-0.3, -0.25) is 14.2 Å². The van der Waals surface area contributed by atoms with Gasteiger partial charge in [-0.15, -0.1) is 10.2 Å². The summed E-state index contributed by atoms with van der Waals surface area (Å²) in [6.07, 6.45) is 0.226. The van der Waals surface area contributed by atoms with Gasteiger partial charge in [-0.2, -0.15) is 21.9 Å². The average molecular weight is 655 g/mol. The van der Waals surface area contributed by atoms with Crippen LogP contribution < -0.4 is 5.43 Å². The highest BCUT2D eigenvalue weighted by atomic mass is 32.2. The number of aromatic carboxylic acids is 1. The first-order valence-electron chi connectivity index (χ1n) is 12.1. The third-order valence-corrected chi connectivity index (χ3v) is 9.46. The van der Waals surface area contributed by atoms with Gasteiger partial charge in [0.25, 0.3) is 10.1 Å². The van der Waals surface area contributed by atoms with E-state index in [1.807, 2.05) is 0 Å². The molecule has 0 radical (unpaired) electrons. The highest BCUT2D eigenvalue weighted by Crippen LogP contribution is 2.36. The fourth-order valence-corrected chi connectivity index (χ4v) is 6.44. The van der Waals surface area contributed by atoms with Gasteiger partial charge in [-0.05, 0) is 36.2 Å². The number of azo groups is 1. The van der Waals surface area contributed by atoms with Crippen molar-refractivity contribution in [2.24, 2.45) is 15.3 Å². The maximum Gasteiger partial charge on any atom is 0.337 e. The van der Waals surface area contributed by atoms with Crippen molar-refractivity contribution in [2.75, 3.05) is 18.3 Å². The maximum atomic E-state index is 12.8. The van der Waals surface area contributed by atoms with Crippen LogP contribution in [0.2, 0.25) is 0 Å². The number of anilines is 1. The highest BCUT2D eigenvalue weighted by Gasteiger charge is 2.26. The van der Waals surface area contributed by atoms with Crippen molar-refractivity contribution in [1.82, 2.24) is 0 Å². The van der Waals surface area contributed by atoms with Crippen LogP contribution in [0.15, 0.2) is 85.8 Å². The predicted octanol–water partition coefficient (Wildman–Crippen LogP) is 3.55. The van der Waals surface area contributed by atoms with E-state index in [4.69, 9.17) is 4.55 Å². The number of aromatic hydroxyl groups is 1. The highest BCUT2D eigenvalue weighted by molar-refractivity contribution is 7.91. The number of sulfone groups is 1. The van der Waals surface area contributed by atoms with E-state index >= 15 is 0 Å². The van der Waals surface area contributed by atoms with Crippen LogP contribution in [0, 0.1) is 0 Å². The van der Waals surface area contributed by atoms with E-state index in [0.29, 0.717) is 5.56 Å². The van der Waals surface area contributed by atoms with Gasteiger partial charge in [-0.1, -0.05) is 43.3 Å². The Hall–Kier alpha value is -4.23. The number of nitrogens with one attached hydrogen (secondary N) is 1. The normalized spacial score (nSPS) is 12.9. The fourth-order valence-electron chi connectivity index (χ4n) is 3.60. The van der Waals surface area contributed by atoms with Crippen LogP contribution >= 0.6 is 0 Å². The van der Waals surface area contributed by atoms with Crippen LogP contribution in [0.3, 0.4) is 0 Å². The molecule has 3 aromatic rings. The number of amidine groups is 1. The zero-order valence-corrected chi connectivity index (χ0v) is 25.0. The van der Waals surface area contributed by atoms with Crippen molar-refractivity contribution >= 4 is 53.3 Å². The van der Waals surface area contributed by atoms with Gasteiger partial charge in [0.1, 0.15) is 22.0 Å². The van der Waals surface area contributed by atoms with Crippen molar-refractivity contribution in [3.63, 3.8) is 0 Å². The number of benzene rings is 3. The number of carboxylic acids is 1. The summed E-state index contributed by atoms with van der Waals surface area (Å²) in [4.78, 5) is 10.5. The predicted molar refractivity (Wildman–Crippen MR) is 154 cm³/mol. The number of hydrogen-bond donors (Lipinski definition) is 4. The maximum absolute atomic E-state index is 12.8. The summed E-state index contributed by atoms with van der Waals surface area (Å²) in [7, 11) is -12.1. The molecule has 0 saturated heterocycles. The Bertz CT molecular complexity index is 1910. The lowest BCUT2D eigenvalue weighted by atomic mass is 10.1. The first-order valence-corrected chi connectivity index (χ1v) is 16.8. The minimum atomic E-state index is -4.57. The molecule has 18 heteroatoms. The molecule has 0 saturated carbocycles. The standard InChI is InChI=1S/C25H26N4O11S3/c1-3-11-41(33,34)18-13-21(23(30)22(14-18)43(38,39)40-2)27-29-24(17-7-5-4-6-8-17)28-26-20-10-9-16(15-42(35,36)37)12-19(20)25(31)32/h4-10,12-14,27,30H,3,11,15H2,1-2H3,(H,31,32)(H,35,36,37). The summed E-state index contributed by atoms with van der Waals surface area (Å²) in [6, 6.07) is 13.2. The molecule has 4 N–H and O–H groups in total. The van der Waals surface area contributed by atoms with Gasteiger partial charge in [0.05, 0.1) is 23.3 Å². The lowest BCUT2D eigenvalue weighted by Gasteiger charge is -2.13. The molecule has 0 aliphatic carbocycles. The largest absolute Gasteiger partial charge is 0.504 e. The molecule has 230 valence electrons. The molecule has 43 heavy (non-hydrogen) atoms. The second kappa shape index (κ2) is 13.4. The van der Waals surface area contributed by atoms with E-state index in [1.165, 1.54) is 12.1 Å². The summed E-state index contributed by atoms with van der Waals surface area (Å²) < 4.78 is 86.4. The lowest BCUT2D eigenvalue weighted by Crippen LogP contribution is -2.11. The molecule has 15 nitrogen and oxygen atoms in total. The molecule has 0 atom stereocenters. The lowest BCUT2D eigenvalue weighted by molar-refractivity contribution is 0.0697. The van der Waals surface area contributed by atoms with Crippen molar-refractivity contribution in [3.8, 4) is 5.75 Å². The molecule has 0 aromatic heterocycles. The number of hydrazone groups is 1. The summed E-state index contributed by atoms with van der Waals surface area (Å²) in [5.74, 6) is -3.72. The second-order valence-corrected chi connectivity index (χ2v) is 14.0. The van der Waals surface area contributed by atoms with Gasteiger partial charge >= 0.3 is 16.1 Å². The van der Waals surface area contributed by atoms with Crippen LogP contribution in [0.25, 0.3) is 0 Å². The van der Waals surface area contributed by atoms with E-state index in [0.717, 1.165) is 25.3 Å². The topological polar surface area (TPSA) is 239 Å². The zero-order chi connectivity index (χ0) is 32.0. The summed E-state index contributed by atoms with van der Waals surface area (Å²) in [5.41, 5.74) is 1.62. The van der Waals surface area contributed by atoms with Crippen LogP contribution in [0.5, 0.6) is 5.75 Å². The van der Waals surface area contributed by atoms with E-state index in [9.17, 15) is 40.3 Å².